The minimum Gasteiger partial charge on any atom is -0.497 e. The Labute approximate surface area is 109 Å². The summed E-state index contributed by atoms with van der Waals surface area (Å²) in [5, 5.41) is 9.37. The Bertz CT molecular complexity index is 391. The minimum atomic E-state index is -0.270. The van der Waals surface area contributed by atoms with Crippen molar-refractivity contribution >= 4 is 0 Å². The third kappa shape index (κ3) is 3.37. The highest BCUT2D eigenvalue weighted by Gasteiger charge is 2.23. The van der Waals surface area contributed by atoms with E-state index in [2.05, 4.69) is 4.90 Å². The van der Waals surface area contributed by atoms with Gasteiger partial charge in [0.25, 0.3) is 0 Å². The standard InChI is InChI=1S/C14H23NO3/c1-14(2,10-16)15(3)9-11-8-12(17-4)6-7-13(11)18-5/h6-8,16H,9-10H2,1-5H3. The molecule has 18 heavy (non-hydrogen) atoms. The van der Waals surface area contributed by atoms with Gasteiger partial charge >= 0.3 is 0 Å². The molecular formula is C14H23NO3. The third-order valence-corrected chi connectivity index (χ3v) is 3.32. The van der Waals surface area contributed by atoms with Gasteiger partial charge in [0, 0.05) is 17.6 Å². The molecule has 0 atom stereocenters. The van der Waals surface area contributed by atoms with Crippen LogP contribution in [0.1, 0.15) is 19.4 Å². The van der Waals surface area contributed by atoms with Crippen LogP contribution in [0.4, 0.5) is 0 Å². The molecule has 0 aromatic heterocycles. The fraction of sp³-hybridized carbons (Fsp3) is 0.571. The van der Waals surface area contributed by atoms with Crippen LogP contribution in [0.5, 0.6) is 11.5 Å². The SMILES string of the molecule is COc1ccc(OC)c(CN(C)C(C)(C)CO)c1. The summed E-state index contributed by atoms with van der Waals surface area (Å²) < 4.78 is 10.6. The Balaban J connectivity index is 2.95. The van der Waals surface area contributed by atoms with Gasteiger partial charge in [-0.3, -0.25) is 4.90 Å². The first-order valence-electron chi connectivity index (χ1n) is 5.97. The number of rotatable bonds is 6. The van der Waals surface area contributed by atoms with E-state index in [0.29, 0.717) is 6.54 Å². The Morgan fingerprint density at radius 2 is 1.89 bits per heavy atom. The summed E-state index contributed by atoms with van der Waals surface area (Å²) in [5.74, 6) is 1.64. The third-order valence-electron chi connectivity index (χ3n) is 3.32. The van der Waals surface area contributed by atoms with Crippen LogP contribution in [-0.2, 0) is 6.54 Å². The van der Waals surface area contributed by atoms with Crippen molar-refractivity contribution in [3.8, 4) is 11.5 Å². The first kappa shape index (κ1) is 14.8. The van der Waals surface area contributed by atoms with E-state index in [1.54, 1.807) is 14.2 Å². The molecule has 0 fully saturated rings. The van der Waals surface area contributed by atoms with Crippen molar-refractivity contribution in [2.45, 2.75) is 25.9 Å². The molecule has 1 aromatic carbocycles. The molecular weight excluding hydrogens is 230 g/mol. The van der Waals surface area contributed by atoms with Crippen molar-refractivity contribution in [2.75, 3.05) is 27.9 Å². The molecule has 0 aliphatic carbocycles. The highest BCUT2D eigenvalue weighted by atomic mass is 16.5. The Kier molecular flexibility index (Phi) is 4.99. The van der Waals surface area contributed by atoms with E-state index in [0.717, 1.165) is 17.1 Å². The fourth-order valence-corrected chi connectivity index (χ4v) is 1.60. The number of hydrogen-bond acceptors (Lipinski definition) is 4. The Hall–Kier alpha value is -1.26. The smallest absolute Gasteiger partial charge is 0.123 e. The molecule has 0 unspecified atom stereocenters. The molecule has 0 aliphatic heterocycles. The van der Waals surface area contributed by atoms with Crippen molar-refractivity contribution in [3.05, 3.63) is 23.8 Å². The second-order valence-corrected chi connectivity index (χ2v) is 5.00. The average Bonchev–Trinajstić information content (AvgIpc) is 2.38. The first-order chi connectivity index (χ1) is 8.44. The maximum atomic E-state index is 9.37. The van der Waals surface area contributed by atoms with Gasteiger partial charge in [0.2, 0.25) is 0 Å². The van der Waals surface area contributed by atoms with Crippen LogP contribution in [0.3, 0.4) is 0 Å². The lowest BCUT2D eigenvalue weighted by molar-refractivity contribution is 0.0727. The second-order valence-electron chi connectivity index (χ2n) is 5.00. The lowest BCUT2D eigenvalue weighted by atomic mass is 10.0. The number of methoxy groups -OCH3 is 2. The second kappa shape index (κ2) is 6.07. The molecule has 4 heteroatoms. The number of aliphatic hydroxyl groups is 1. The molecule has 0 saturated carbocycles. The molecule has 0 saturated heterocycles. The summed E-state index contributed by atoms with van der Waals surface area (Å²) in [4.78, 5) is 2.09. The normalized spacial score (nSPS) is 11.7. The number of likely N-dealkylation sites (N-methyl/N-ethyl adjacent to an activating group) is 1. The Morgan fingerprint density at radius 1 is 1.22 bits per heavy atom. The summed E-state index contributed by atoms with van der Waals surface area (Å²) in [7, 11) is 5.28. The van der Waals surface area contributed by atoms with Crippen molar-refractivity contribution in [1.82, 2.24) is 4.90 Å². The number of aliphatic hydroxyl groups excluding tert-OH is 1. The fourth-order valence-electron chi connectivity index (χ4n) is 1.60. The highest BCUT2D eigenvalue weighted by Crippen LogP contribution is 2.26. The minimum absolute atomic E-state index is 0.107. The maximum Gasteiger partial charge on any atom is 0.123 e. The molecule has 4 nitrogen and oxygen atoms in total. The van der Waals surface area contributed by atoms with E-state index in [4.69, 9.17) is 9.47 Å². The van der Waals surface area contributed by atoms with Gasteiger partial charge in [-0.15, -0.1) is 0 Å². The summed E-state index contributed by atoms with van der Waals surface area (Å²) in [6, 6.07) is 5.73. The summed E-state index contributed by atoms with van der Waals surface area (Å²) in [6.07, 6.45) is 0. The molecule has 102 valence electrons. The van der Waals surface area contributed by atoms with Gasteiger partial charge in [-0.05, 0) is 39.1 Å². The van der Waals surface area contributed by atoms with Gasteiger partial charge in [-0.25, -0.2) is 0 Å². The van der Waals surface area contributed by atoms with E-state index in [9.17, 15) is 5.11 Å². The summed E-state index contributed by atoms with van der Waals surface area (Å²) in [6.45, 7) is 4.79. The first-order valence-corrected chi connectivity index (χ1v) is 5.97. The lowest BCUT2D eigenvalue weighted by Gasteiger charge is -2.34. The number of nitrogens with zero attached hydrogens (tertiary/aromatic N) is 1. The average molecular weight is 253 g/mol. The van der Waals surface area contributed by atoms with E-state index in [-0.39, 0.29) is 12.1 Å². The molecule has 1 aromatic rings. The Morgan fingerprint density at radius 3 is 2.39 bits per heavy atom. The number of hydrogen-bond donors (Lipinski definition) is 1. The molecule has 1 N–H and O–H groups in total. The van der Waals surface area contributed by atoms with E-state index < -0.39 is 0 Å². The van der Waals surface area contributed by atoms with Crippen LogP contribution in [0.2, 0.25) is 0 Å². The van der Waals surface area contributed by atoms with Gasteiger partial charge in [-0.1, -0.05) is 0 Å². The monoisotopic (exact) mass is 253 g/mol. The zero-order valence-corrected chi connectivity index (χ0v) is 11.9. The molecule has 0 amide bonds. The van der Waals surface area contributed by atoms with Gasteiger partial charge in [0.1, 0.15) is 11.5 Å². The van der Waals surface area contributed by atoms with E-state index in [1.807, 2.05) is 39.1 Å². The lowest BCUT2D eigenvalue weighted by Crippen LogP contribution is -2.43. The molecule has 0 heterocycles. The number of ether oxygens (including phenoxy) is 2. The van der Waals surface area contributed by atoms with Gasteiger partial charge in [0.15, 0.2) is 0 Å². The van der Waals surface area contributed by atoms with E-state index in [1.165, 1.54) is 0 Å². The zero-order valence-electron chi connectivity index (χ0n) is 11.9. The molecule has 0 spiro atoms. The van der Waals surface area contributed by atoms with Crippen molar-refractivity contribution in [3.63, 3.8) is 0 Å². The molecule has 1 rings (SSSR count). The van der Waals surface area contributed by atoms with Crippen LogP contribution in [-0.4, -0.2) is 43.4 Å². The molecule has 0 radical (unpaired) electrons. The van der Waals surface area contributed by atoms with Crippen LogP contribution in [0.15, 0.2) is 18.2 Å². The van der Waals surface area contributed by atoms with Gasteiger partial charge in [0.05, 0.1) is 20.8 Å². The predicted octanol–water partition coefficient (Wildman–Crippen LogP) is 1.91. The van der Waals surface area contributed by atoms with Crippen LogP contribution in [0, 0.1) is 0 Å². The van der Waals surface area contributed by atoms with Crippen LogP contribution in [0.25, 0.3) is 0 Å². The quantitative estimate of drug-likeness (QED) is 0.841. The van der Waals surface area contributed by atoms with Gasteiger partial charge in [-0.2, -0.15) is 0 Å². The maximum absolute atomic E-state index is 9.37. The van der Waals surface area contributed by atoms with Gasteiger partial charge < -0.3 is 14.6 Å². The van der Waals surface area contributed by atoms with Crippen molar-refractivity contribution in [1.29, 1.82) is 0 Å². The molecule has 0 bridgehead atoms. The zero-order chi connectivity index (χ0) is 13.8. The van der Waals surface area contributed by atoms with E-state index >= 15 is 0 Å². The highest BCUT2D eigenvalue weighted by molar-refractivity contribution is 5.40. The predicted molar refractivity (Wildman–Crippen MR) is 72.2 cm³/mol. The van der Waals surface area contributed by atoms with Crippen LogP contribution < -0.4 is 9.47 Å². The summed E-state index contributed by atoms with van der Waals surface area (Å²) >= 11 is 0. The summed E-state index contributed by atoms with van der Waals surface area (Å²) in [5.41, 5.74) is 0.773. The largest absolute Gasteiger partial charge is 0.497 e. The topological polar surface area (TPSA) is 41.9 Å². The van der Waals surface area contributed by atoms with Crippen LogP contribution >= 0.6 is 0 Å². The number of benzene rings is 1. The van der Waals surface area contributed by atoms with Crippen molar-refractivity contribution in [2.24, 2.45) is 0 Å². The molecule has 0 aliphatic rings. The van der Waals surface area contributed by atoms with Crippen molar-refractivity contribution < 1.29 is 14.6 Å².